The molecule has 0 aromatic carbocycles. The minimum Gasteiger partial charge on any atom is -0.460 e. The van der Waals surface area contributed by atoms with Crippen molar-refractivity contribution >= 4 is 5.97 Å². The summed E-state index contributed by atoms with van der Waals surface area (Å²) >= 11 is 0. The number of likely N-dealkylation sites (tertiary alicyclic amines) is 1. The number of ether oxygens (including phenoxy) is 1. The molecule has 1 saturated heterocycles. The van der Waals surface area contributed by atoms with Crippen molar-refractivity contribution in [3.05, 3.63) is 18.2 Å². The van der Waals surface area contributed by atoms with Gasteiger partial charge in [-0.1, -0.05) is 0 Å². The molecule has 2 rings (SSSR count). The molecule has 0 spiro atoms. The third-order valence-electron chi connectivity index (χ3n) is 4.25. The van der Waals surface area contributed by atoms with E-state index in [9.17, 15) is 9.90 Å². The molecule has 0 bridgehead atoms. The van der Waals surface area contributed by atoms with Gasteiger partial charge in [-0.25, -0.2) is 4.98 Å². The van der Waals surface area contributed by atoms with Gasteiger partial charge in [-0.05, 0) is 52.6 Å². The number of imidazole rings is 1. The lowest BCUT2D eigenvalue weighted by Crippen LogP contribution is -2.37. The first-order valence-corrected chi connectivity index (χ1v) is 8.36. The van der Waals surface area contributed by atoms with Crippen LogP contribution in [-0.4, -0.2) is 50.8 Å². The number of aliphatic hydroxyl groups excluding tert-OH is 1. The Labute approximate surface area is 138 Å². The number of aryl methyl sites for hydroxylation is 1. The van der Waals surface area contributed by atoms with Gasteiger partial charge in [-0.15, -0.1) is 0 Å². The summed E-state index contributed by atoms with van der Waals surface area (Å²) in [6, 6.07) is 0. The second-order valence-corrected chi connectivity index (χ2v) is 7.36. The number of aromatic nitrogens is 2. The van der Waals surface area contributed by atoms with Crippen LogP contribution in [0.15, 0.2) is 12.4 Å². The van der Waals surface area contributed by atoms with Gasteiger partial charge in [-0.3, -0.25) is 4.79 Å². The van der Waals surface area contributed by atoms with Crippen molar-refractivity contribution in [1.82, 2.24) is 14.5 Å². The van der Waals surface area contributed by atoms with Crippen LogP contribution in [0.25, 0.3) is 0 Å². The number of hydrogen-bond donors (Lipinski definition) is 1. The van der Waals surface area contributed by atoms with Crippen LogP contribution in [0.4, 0.5) is 0 Å². The van der Waals surface area contributed by atoms with Crippen molar-refractivity contribution in [2.24, 2.45) is 13.0 Å². The number of hydrogen-bond acceptors (Lipinski definition) is 5. The minimum atomic E-state index is -0.511. The first-order chi connectivity index (χ1) is 10.8. The predicted octanol–water partition coefficient (Wildman–Crippen LogP) is 1.90. The van der Waals surface area contributed by atoms with E-state index in [2.05, 4.69) is 9.88 Å². The van der Waals surface area contributed by atoms with Crippen LogP contribution in [0.2, 0.25) is 0 Å². The minimum absolute atomic E-state index is 0.146. The zero-order valence-electron chi connectivity index (χ0n) is 14.7. The standard InChI is InChI=1S/C17H29N3O3/c1-17(2,3)23-14(21)7-11-20-9-5-13(6-10-20)15(22)16-18-8-12-19(16)4/h8,12-13,15,22H,5-7,9-11H2,1-4H3. The van der Waals surface area contributed by atoms with E-state index < -0.39 is 11.7 Å². The van der Waals surface area contributed by atoms with Crippen molar-refractivity contribution in [3.63, 3.8) is 0 Å². The molecule has 1 aliphatic rings. The summed E-state index contributed by atoms with van der Waals surface area (Å²) in [6.45, 7) is 8.17. The lowest BCUT2D eigenvalue weighted by molar-refractivity contribution is -0.155. The second kappa shape index (κ2) is 7.45. The Kier molecular flexibility index (Phi) is 5.81. The molecule has 1 unspecified atom stereocenters. The fourth-order valence-electron chi connectivity index (χ4n) is 3.01. The van der Waals surface area contributed by atoms with Crippen LogP contribution in [-0.2, 0) is 16.6 Å². The van der Waals surface area contributed by atoms with Crippen molar-refractivity contribution in [2.75, 3.05) is 19.6 Å². The van der Waals surface area contributed by atoms with E-state index in [4.69, 9.17) is 4.74 Å². The summed E-state index contributed by atoms with van der Waals surface area (Å²) in [5.74, 6) is 0.818. The topological polar surface area (TPSA) is 67.6 Å². The lowest BCUT2D eigenvalue weighted by atomic mass is 9.90. The van der Waals surface area contributed by atoms with Crippen LogP contribution < -0.4 is 0 Å². The Morgan fingerprint density at radius 1 is 1.43 bits per heavy atom. The highest BCUT2D eigenvalue weighted by Crippen LogP contribution is 2.29. The van der Waals surface area contributed by atoms with Gasteiger partial charge in [0.2, 0.25) is 0 Å². The number of carbonyl (C=O) groups is 1. The van der Waals surface area contributed by atoms with E-state index in [1.807, 2.05) is 38.6 Å². The molecule has 1 atom stereocenters. The van der Waals surface area contributed by atoms with E-state index in [-0.39, 0.29) is 11.9 Å². The van der Waals surface area contributed by atoms with Gasteiger partial charge >= 0.3 is 5.97 Å². The van der Waals surface area contributed by atoms with Crippen molar-refractivity contribution in [1.29, 1.82) is 0 Å². The third-order valence-corrected chi connectivity index (χ3v) is 4.25. The Morgan fingerprint density at radius 3 is 2.61 bits per heavy atom. The smallest absolute Gasteiger partial charge is 0.307 e. The Hall–Kier alpha value is -1.40. The van der Waals surface area contributed by atoms with Gasteiger partial charge < -0.3 is 19.3 Å². The van der Waals surface area contributed by atoms with Crippen LogP contribution in [0.5, 0.6) is 0 Å². The van der Waals surface area contributed by atoms with E-state index in [0.29, 0.717) is 6.42 Å². The maximum absolute atomic E-state index is 11.8. The van der Waals surface area contributed by atoms with Crippen LogP contribution in [0.3, 0.4) is 0 Å². The van der Waals surface area contributed by atoms with Crippen molar-refractivity contribution in [3.8, 4) is 0 Å². The first-order valence-electron chi connectivity index (χ1n) is 8.36. The van der Waals surface area contributed by atoms with Gasteiger partial charge in [0.1, 0.15) is 17.5 Å². The van der Waals surface area contributed by atoms with Crippen LogP contribution in [0, 0.1) is 5.92 Å². The SMILES string of the molecule is Cn1ccnc1C(O)C1CCN(CCC(=O)OC(C)(C)C)CC1. The Balaban J connectivity index is 1.74. The highest BCUT2D eigenvalue weighted by atomic mass is 16.6. The summed E-state index contributed by atoms with van der Waals surface area (Å²) < 4.78 is 7.21. The lowest BCUT2D eigenvalue weighted by Gasteiger charge is -2.34. The summed E-state index contributed by atoms with van der Waals surface area (Å²) in [5.41, 5.74) is -0.420. The zero-order valence-corrected chi connectivity index (χ0v) is 14.7. The number of nitrogens with zero attached hydrogens (tertiary/aromatic N) is 3. The maximum atomic E-state index is 11.8. The quantitative estimate of drug-likeness (QED) is 0.838. The van der Waals surface area contributed by atoms with E-state index in [1.165, 1.54) is 0 Å². The van der Waals surface area contributed by atoms with E-state index in [0.717, 1.165) is 38.3 Å². The van der Waals surface area contributed by atoms with Gasteiger partial charge in [-0.2, -0.15) is 0 Å². The van der Waals surface area contributed by atoms with Crippen molar-refractivity contribution in [2.45, 2.75) is 51.7 Å². The molecule has 1 N–H and O–H groups in total. The number of carbonyl (C=O) groups excluding carboxylic acids is 1. The van der Waals surface area contributed by atoms with E-state index >= 15 is 0 Å². The molecular weight excluding hydrogens is 294 g/mol. The molecule has 2 heterocycles. The molecule has 6 nitrogen and oxygen atoms in total. The van der Waals surface area contributed by atoms with Gasteiger partial charge in [0.05, 0.1) is 6.42 Å². The summed E-state index contributed by atoms with van der Waals surface area (Å²) in [4.78, 5) is 18.3. The van der Waals surface area contributed by atoms with Crippen LogP contribution in [0.1, 0.15) is 52.0 Å². The van der Waals surface area contributed by atoms with E-state index in [1.54, 1.807) is 6.20 Å². The molecule has 0 aliphatic carbocycles. The largest absolute Gasteiger partial charge is 0.460 e. The fourth-order valence-corrected chi connectivity index (χ4v) is 3.01. The highest BCUT2D eigenvalue weighted by molar-refractivity contribution is 5.70. The molecule has 23 heavy (non-hydrogen) atoms. The molecule has 1 fully saturated rings. The molecule has 0 saturated carbocycles. The van der Waals surface area contributed by atoms with Gasteiger partial charge in [0, 0.05) is 26.0 Å². The maximum Gasteiger partial charge on any atom is 0.307 e. The Morgan fingerprint density at radius 2 is 2.09 bits per heavy atom. The average Bonchev–Trinajstić information content (AvgIpc) is 2.89. The molecular formula is C17H29N3O3. The Bertz CT molecular complexity index is 513. The second-order valence-electron chi connectivity index (χ2n) is 7.36. The normalized spacial score (nSPS) is 18.8. The average molecular weight is 323 g/mol. The van der Waals surface area contributed by atoms with Crippen LogP contribution >= 0.6 is 0 Å². The third kappa shape index (κ3) is 5.32. The van der Waals surface area contributed by atoms with Crippen molar-refractivity contribution < 1.29 is 14.6 Å². The predicted molar refractivity (Wildman–Crippen MR) is 87.8 cm³/mol. The first kappa shape index (κ1) is 17.9. The van der Waals surface area contributed by atoms with Gasteiger partial charge in [0.25, 0.3) is 0 Å². The molecule has 1 aromatic rings. The summed E-state index contributed by atoms with van der Waals surface area (Å²) in [7, 11) is 1.90. The number of piperidine rings is 1. The monoisotopic (exact) mass is 323 g/mol. The molecule has 1 aromatic heterocycles. The van der Waals surface area contributed by atoms with Gasteiger partial charge in [0.15, 0.2) is 0 Å². The summed E-state index contributed by atoms with van der Waals surface area (Å²) in [5, 5.41) is 10.5. The fraction of sp³-hybridized carbons (Fsp3) is 0.765. The molecule has 0 amide bonds. The number of aliphatic hydroxyl groups is 1. The number of esters is 1. The number of rotatable bonds is 5. The highest BCUT2D eigenvalue weighted by Gasteiger charge is 2.28. The zero-order chi connectivity index (χ0) is 17.0. The molecule has 0 radical (unpaired) electrons. The molecule has 130 valence electrons. The molecule has 6 heteroatoms. The summed E-state index contributed by atoms with van der Waals surface area (Å²) in [6.07, 6.45) is 5.32. The molecule has 1 aliphatic heterocycles.